The van der Waals surface area contributed by atoms with E-state index in [4.69, 9.17) is 19.5 Å². The second kappa shape index (κ2) is 20.5. The topological polar surface area (TPSA) is 119 Å². The van der Waals surface area contributed by atoms with E-state index < -0.39 is 8.60 Å². The summed E-state index contributed by atoms with van der Waals surface area (Å²) in [7, 11) is -2.62. The molecule has 0 bridgehead atoms. The van der Waals surface area contributed by atoms with Crippen molar-refractivity contribution >= 4 is 26.4 Å². The first-order valence-electron chi connectivity index (χ1n) is 11.6. The van der Waals surface area contributed by atoms with Gasteiger partial charge >= 0.3 is 8.60 Å². The molecule has 0 aliphatic carbocycles. The van der Waals surface area contributed by atoms with Gasteiger partial charge in [-0.25, -0.2) is 0 Å². The largest absolute Gasteiger partial charge is 0.328 e. The van der Waals surface area contributed by atoms with Crippen LogP contribution in [0, 0.1) is 0 Å². The molecule has 0 spiro atoms. The molecule has 4 N–H and O–H groups in total. The number of nitrogens with zero attached hydrogens (tertiary/aromatic N) is 2. The zero-order valence-electron chi connectivity index (χ0n) is 19.4. The number of fused-ring (bicyclic) bond motifs is 1. The van der Waals surface area contributed by atoms with Crippen molar-refractivity contribution < 1.29 is 19.5 Å². The first-order valence-corrected chi connectivity index (χ1v) is 12.8. The van der Waals surface area contributed by atoms with E-state index in [1.807, 2.05) is 6.79 Å². The van der Waals surface area contributed by atoms with Crippen molar-refractivity contribution in [1.29, 1.82) is 0 Å². The maximum atomic E-state index is 8.00. The normalized spacial score (nSPS) is 10.5. The summed E-state index contributed by atoms with van der Waals surface area (Å²) in [6.07, 6.45) is 18.6. The van der Waals surface area contributed by atoms with Gasteiger partial charge in [0.05, 0.1) is 0 Å². The first kappa shape index (κ1) is 29.6. The second-order valence-electron chi connectivity index (χ2n) is 7.70. The van der Waals surface area contributed by atoms with Gasteiger partial charge in [-0.2, -0.15) is 15.4 Å². The number of carbonyl (C=O) groups is 1. The van der Waals surface area contributed by atoms with E-state index >= 15 is 0 Å². The molecule has 0 fully saturated rings. The van der Waals surface area contributed by atoms with Crippen LogP contribution < -0.4 is 0 Å². The lowest BCUT2D eigenvalue weighted by molar-refractivity contribution is -0.0980. The van der Waals surface area contributed by atoms with Gasteiger partial charge in [-0.1, -0.05) is 84.1 Å². The molecule has 0 radical (unpaired) electrons. The fourth-order valence-corrected chi connectivity index (χ4v) is 3.70. The van der Waals surface area contributed by atoms with Crippen LogP contribution in [-0.2, 0) is 17.6 Å². The summed E-state index contributed by atoms with van der Waals surface area (Å²) in [6, 6.07) is 4.43. The van der Waals surface area contributed by atoms with E-state index in [2.05, 4.69) is 41.4 Å². The van der Waals surface area contributed by atoms with E-state index in [1.54, 1.807) is 0 Å². The molecule has 7 nitrogen and oxygen atoms in total. The van der Waals surface area contributed by atoms with Crippen molar-refractivity contribution in [3.05, 3.63) is 23.3 Å². The number of aromatic amines is 1. The zero-order chi connectivity index (χ0) is 23.3. The smallest absolute Gasteiger partial charge is 0.324 e. The van der Waals surface area contributed by atoms with Gasteiger partial charge in [-0.15, -0.1) is 0 Å². The molecule has 178 valence electrons. The summed E-state index contributed by atoms with van der Waals surface area (Å²) in [5.74, 6) is 0. The zero-order valence-corrected chi connectivity index (χ0v) is 20.2. The predicted molar refractivity (Wildman–Crippen MR) is 129 cm³/mol. The Morgan fingerprint density at radius 1 is 0.774 bits per heavy atom. The van der Waals surface area contributed by atoms with E-state index in [9.17, 15) is 0 Å². The highest BCUT2D eigenvalue weighted by molar-refractivity contribution is 7.38. The van der Waals surface area contributed by atoms with Crippen LogP contribution in [0.3, 0.4) is 0 Å². The molecule has 1 aromatic carbocycles. The van der Waals surface area contributed by atoms with Crippen molar-refractivity contribution in [3.8, 4) is 0 Å². The van der Waals surface area contributed by atoms with Crippen LogP contribution in [0.15, 0.2) is 12.1 Å². The fourth-order valence-electron chi connectivity index (χ4n) is 3.70. The molecule has 0 saturated heterocycles. The average Bonchev–Trinajstić information content (AvgIpc) is 3.24. The number of benzene rings is 1. The summed E-state index contributed by atoms with van der Waals surface area (Å²) in [6.45, 7) is 6.56. The Hall–Kier alpha value is -1.40. The van der Waals surface area contributed by atoms with Crippen molar-refractivity contribution in [1.82, 2.24) is 15.4 Å². The van der Waals surface area contributed by atoms with Gasteiger partial charge in [0.15, 0.2) is 0 Å². The maximum absolute atomic E-state index is 8.00. The van der Waals surface area contributed by atoms with Crippen LogP contribution in [-0.4, -0.2) is 36.9 Å². The minimum absolute atomic E-state index is 1.02. The number of hydrogen-bond acceptors (Lipinski definition) is 6. The van der Waals surface area contributed by atoms with Gasteiger partial charge in [-0.05, 0) is 42.9 Å². The second-order valence-corrected chi connectivity index (χ2v) is 8.24. The quantitative estimate of drug-likeness (QED) is 0.212. The highest BCUT2D eigenvalue weighted by Gasteiger charge is 2.10. The molecule has 8 heteroatoms. The number of aromatic nitrogens is 3. The molecule has 31 heavy (non-hydrogen) atoms. The molecular weight excluding hydrogens is 413 g/mol. The predicted octanol–water partition coefficient (Wildman–Crippen LogP) is 5.77. The van der Waals surface area contributed by atoms with E-state index in [1.165, 1.54) is 94.6 Å². The molecule has 1 heterocycles. The summed E-state index contributed by atoms with van der Waals surface area (Å²) in [5.41, 5.74) is 5.09. The maximum Gasteiger partial charge on any atom is 0.324 e. The molecule has 0 amide bonds. The molecule has 2 rings (SSSR count). The third kappa shape index (κ3) is 14.3. The number of aryl methyl sites for hydroxylation is 2. The van der Waals surface area contributed by atoms with Crippen LogP contribution in [0.25, 0.3) is 11.0 Å². The fraction of sp³-hybridized carbons (Fsp3) is 0.696. The van der Waals surface area contributed by atoms with Gasteiger partial charge in [0, 0.05) is 0 Å². The van der Waals surface area contributed by atoms with Gasteiger partial charge in [0.25, 0.3) is 0 Å². The van der Waals surface area contributed by atoms with Crippen molar-refractivity contribution in [2.24, 2.45) is 0 Å². The summed E-state index contributed by atoms with van der Waals surface area (Å²) in [5, 5.41) is 11.5. The van der Waals surface area contributed by atoms with E-state index in [-0.39, 0.29) is 0 Å². The Kier molecular flexibility index (Phi) is 19.6. The Labute approximate surface area is 188 Å². The molecular formula is C23H42N3O4P. The lowest BCUT2D eigenvalue weighted by atomic mass is 9.95. The molecule has 0 saturated carbocycles. The summed E-state index contributed by atoms with van der Waals surface area (Å²) < 4.78 is 0. The van der Waals surface area contributed by atoms with E-state index in [0.717, 1.165) is 17.5 Å². The lowest BCUT2D eigenvalue weighted by Gasteiger charge is -2.10. The standard InChI is InChI=1S/C22H37N3.CH2O.H3O3P/c1-3-5-7-9-11-13-15-19-17-18-21-22(24-25-23-21)20(19)16-14-12-10-8-6-4-2;1-2;1-4(2)3/h17-18H,3-16H2,1-2H3,(H,23,24,25);1H2;1-3H. The molecule has 0 aliphatic heterocycles. The minimum atomic E-state index is -2.62. The number of hydrogen-bond donors (Lipinski definition) is 4. The molecule has 0 atom stereocenters. The Bertz CT molecular complexity index is 665. The van der Waals surface area contributed by atoms with Gasteiger partial charge in [0.2, 0.25) is 0 Å². The number of rotatable bonds is 14. The SMILES string of the molecule is C=O.CCCCCCCCc1ccc2n[nH]nc2c1CCCCCCCC.OP(O)O. The van der Waals surface area contributed by atoms with Crippen LogP contribution in [0.4, 0.5) is 0 Å². The van der Waals surface area contributed by atoms with Gasteiger partial charge in [0.1, 0.15) is 17.8 Å². The number of H-pyrrole nitrogens is 1. The first-order chi connectivity index (χ1) is 15.1. The summed E-state index contributed by atoms with van der Waals surface area (Å²) in [4.78, 5) is 29.7. The number of nitrogens with one attached hydrogen (secondary N) is 1. The van der Waals surface area contributed by atoms with E-state index in [0.29, 0.717) is 0 Å². The number of unbranched alkanes of at least 4 members (excludes halogenated alkanes) is 10. The molecule has 2 aromatic rings. The Morgan fingerprint density at radius 3 is 1.81 bits per heavy atom. The average molecular weight is 456 g/mol. The van der Waals surface area contributed by atoms with Gasteiger partial charge in [-0.3, -0.25) is 0 Å². The molecule has 1 aromatic heterocycles. The third-order valence-corrected chi connectivity index (χ3v) is 5.27. The minimum Gasteiger partial charge on any atom is -0.328 e. The summed E-state index contributed by atoms with van der Waals surface area (Å²) >= 11 is 0. The molecule has 0 aliphatic rings. The Balaban J connectivity index is 0.00000134. The third-order valence-electron chi connectivity index (χ3n) is 5.27. The van der Waals surface area contributed by atoms with Crippen LogP contribution in [0.5, 0.6) is 0 Å². The Morgan fingerprint density at radius 2 is 1.26 bits per heavy atom. The van der Waals surface area contributed by atoms with Crippen molar-refractivity contribution in [3.63, 3.8) is 0 Å². The van der Waals surface area contributed by atoms with Crippen LogP contribution >= 0.6 is 8.60 Å². The van der Waals surface area contributed by atoms with Gasteiger partial charge < -0.3 is 19.5 Å². The van der Waals surface area contributed by atoms with Crippen molar-refractivity contribution in [2.75, 3.05) is 0 Å². The lowest BCUT2D eigenvalue weighted by Crippen LogP contribution is -1.97. The highest BCUT2D eigenvalue weighted by Crippen LogP contribution is 2.24. The molecule has 0 unspecified atom stereocenters. The van der Waals surface area contributed by atoms with Crippen LogP contribution in [0.2, 0.25) is 0 Å². The highest BCUT2D eigenvalue weighted by atomic mass is 31.2. The van der Waals surface area contributed by atoms with Crippen LogP contribution in [0.1, 0.15) is 102 Å². The monoisotopic (exact) mass is 455 g/mol. The number of carbonyl (C=O) groups excluding carboxylic acids is 1. The van der Waals surface area contributed by atoms with Crippen molar-refractivity contribution in [2.45, 2.75) is 104 Å².